The Kier molecular flexibility index (Phi) is 5.74. The van der Waals surface area contributed by atoms with Gasteiger partial charge in [-0.15, -0.1) is 0 Å². The maximum atomic E-state index is 12.4. The van der Waals surface area contributed by atoms with E-state index in [2.05, 4.69) is 25.5 Å². The summed E-state index contributed by atoms with van der Waals surface area (Å²) in [7, 11) is -3.52. The van der Waals surface area contributed by atoms with E-state index in [0.29, 0.717) is 18.5 Å². The van der Waals surface area contributed by atoms with Gasteiger partial charge < -0.3 is 5.11 Å². The van der Waals surface area contributed by atoms with E-state index in [1.807, 2.05) is 6.92 Å². The molecule has 0 saturated heterocycles. The van der Waals surface area contributed by atoms with Crippen LogP contribution in [-0.2, 0) is 23.1 Å². The van der Waals surface area contributed by atoms with E-state index >= 15 is 0 Å². The number of rotatable bonds is 6. The van der Waals surface area contributed by atoms with Crippen molar-refractivity contribution in [3.63, 3.8) is 0 Å². The number of aliphatic hydroxyl groups is 1. The number of aryl methyl sites for hydroxylation is 1. The van der Waals surface area contributed by atoms with Crippen molar-refractivity contribution in [2.24, 2.45) is 5.41 Å². The molecule has 0 bridgehead atoms. The third-order valence-corrected chi connectivity index (χ3v) is 4.69. The lowest BCUT2D eigenvalue weighted by molar-refractivity contribution is 0.281. The van der Waals surface area contributed by atoms with E-state index in [9.17, 15) is 8.42 Å². The lowest BCUT2D eigenvalue weighted by atomic mass is 9.93. The highest BCUT2D eigenvalue weighted by Crippen LogP contribution is 2.20. The number of hydrogen-bond acceptors (Lipinski definition) is 3. The highest BCUT2D eigenvalue weighted by Gasteiger charge is 2.19. The van der Waals surface area contributed by atoms with Crippen molar-refractivity contribution in [3.8, 4) is 0 Å². The Morgan fingerprint density at radius 3 is 2.40 bits per heavy atom. The number of benzene rings is 1. The molecule has 1 aromatic rings. The Balaban J connectivity index is 2.96. The predicted octanol–water partition coefficient (Wildman–Crippen LogP) is 2.46. The molecule has 1 rings (SSSR count). The summed E-state index contributed by atoms with van der Waals surface area (Å²) in [5.74, 6) is 0. The van der Waals surface area contributed by atoms with Crippen molar-refractivity contribution in [3.05, 3.63) is 29.3 Å². The van der Waals surface area contributed by atoms with Crippen LogP contribution >= 0.6 is 0 Å². The Hall–Kier alpha value is -0.910. The third kappa shape index (κ3) is 4.89. The quantitative estimate of drug-likeness (QED) is 0.848. The second kappa shape index (κ2) is 6.70. The summed E-state index contributed by atoms with van der Waals surface area (Å²) in [6.07, 6.45) is 1.41. The summed E-state index contributed by atoms with van der Waals surface area (Å²) in [5.41, 5.74) is 1.46. The van der Waals surface area contributed by atoms with Crippen molar-refractivity contribution in [1.82, 2.24) is 4.72 Å². The van der Waals surface area contributed by atoms with Gasteiger partial charge in [0.05, 0.1) is 11.5 Å². The van der Waals surface area contributed by atoms with Crippen LogP contribution in [0, 0.1) is 5.41 Å². The van der Waals surface area contributed by atoms with Crippen LogP contribution in [0.1, 0.15) is 45.2 Å². The zero-order valence-corrected chi connectivity index (χ0v) is 13.5. The molecule has 1 aromatic carbocycles. The van der Waals surface area contributed by atoms with E-state index in [-0.39, 0.29) is 16.9 Å². The number of hydrogen-bond donors (Lipinski definition) is 2. The molecule has 0 spiro atoms. The average Bonchev–Trinajstić information content (AvgIpc) is 2.36. The molecule has 5 heteroatoms. The largest absolute Gasteiger partial charge is 0.392 e. The van der Waals surface area contributed by atoms with E-state index < -0.39 is 10.0 Å². The first kappa shape index (κ1) is 17.1. The summed E-state index contributed by atoms with van der Waals surface area (Å²) in [6, 6.07) is 5.08. The second-order valence-electron chi connectivity index (χ2n) is 6.16. The molecule has 0 heterocycles. The first-order valence-electron chi connectivity index (χ1n) is 6.92. The zero-order valence-electron chi connectivity index (χ0n) is 12.7. The van der Waals surface area contributed by atoms with Gasteiger partial charge in [-0.05, 0) is 35.4 Å². The molecular formula is C15H25NO3S. The van der Waals surface area contributed by atoms with Gasteiger partial charge in [0.25, 0.3) is 0 Å². The maximum Gasteiger partial charge on any atom is 0.240 e. The normalized spacial score (nSPS) is 12.7. The molecule has 0 aromatic heterocycles. The molecule has 0 aliphatic heterocycles. The Labute approximate surface area is 122 Å². The van der Waals surface area contributed by atoms with Gasteiger partial charge in [0.2, 0.25) is 10.0 Å². The van der Waals surface area contributed by atoms with E-state index in [1.54, 1.807) is 18.2 Å². The molecule has 2 N–H and O–H groups in total. The predicted molar refractivity (Wildman–Crippen MR) is 81.0 cm³/mol. The molecule has 0 aliphatic rings. The van der Waals surface area contributed by atoms with E-state index in [4.69, 9.17) is 5.11 Å². The van der Waals surface area contributed by atoms with Crippen LogP contribution < -0.4 is 4.72 Å². The lowest BCUT2D eigenvalue weighted by Crippen LogP contribution is -2.28. The molecule has 20 heavy (non-hydrogen) atoms. The van der Waals surface area contributed by atoms with Gasteiger partial charge in [-0.25, -0.2) is 13.1 Å². The maximum absolute atomic E-state index is 12.4. The monoisotopic (exact) mass is 299 g/mol. The molecule has 0 amide bonds. The molecule has 114 valence electrons. The molecular weight excluding hydrogens is 274 g/mol. The van der Waals surface area contributed by atoms with Crippen LogP contribution in [0.4, 0.5) is 0 Å². The topological polar surface area (TPSA) is 66.4 Å². The van der Waals surface area contributed by atoms with Gasteiger partial charge in [0.1, 0.15) is 0 Å². The summed E-state index contributed by atoms with van der Waals surface area (Å²) in [4.78, 5) is 0.278. The van der Waals surface area contributed by atoms with Gasteiger partial charge >= 0.3 is 0 Å². The molecule has 0 unspecified atom stereocenters. The average molecular weight is 299 g/mol. The van der Waals surface area contributed by atoms with Gasteiger partial charge in [-0.1, -0.05) is 39.8 Å². The van der Waals surface area contributed by atoms with Crippen molar-refractivity contribution in [1.29, 1.82) is 0 Å². The smallest absolute Gasteiger partial charge is 0.240 e. The summed E-state index contributed by atoms with van der Waals surface area (Å²) in [5, 5.41) is 9.16. The fourth-order valence-corrected chi connectivity index (χ4v) is 3.27. The molecule has 0 saturated carbocycles. The summed E-state index contributed by atoms with van der Waals surface area (Å²) in [6.45, 7) is 8.40. The zero-order chi connectivity index (χ0) is 15.4. The fourth-order valence-electron chi connectivity index (χ4n) is 1.88. The Morgan fingerprint density at radius 2 is 1.90 bits per heavy atom. The van der Waals surface area contributed by atoms with Crippen molar-refractivity contribution >= 4 is 10.0 Å². The van der Waals surface area contributed by atoms with Crippen LogP contribution in [0.5, 0.6) is 0 Å². The Morgan fingerprint density at radius 1 is 1.25 bits per heavy atom. The summed E-state index contributed by atoms with van der Waals surface area (Å²) < 4.78 is 27.4. The van der Waals surface area contributed by atoms with Gasteiger partial charge in [0, 0.05) is 6.54 Å². The van der Waals surface area contributed by atoms with Gasteiger partial charge in [-0.3, -0.25) is 0 Å². The summed E-state index contributed by atoms with van der Waals surface area (Å²) >= 11 is 0. The van der Waals surface area contributed by atoms with Gasteiger partial charge in [-0.2, -0.15) is 0 Å². The van der Waals surface area contributed by atoms with E-state index in [1.165, 1.54) is 0 Å². The van der Waals surface area contributed by atoms with Crippen LogP contribution in [0.15, 0.2) is 23.1 Å². The standard InChI is InChI=1S/C15H25NO3S/c1-5-13-7-6-12(11-17)10-14(13)20(18,19)16-9-8-15(2,3)4/h6-7,10,16-17H,5,8-9,11H2,1-4H3. The van der Waals surface area contributed by atoms with Crippen LogP contribution in [-0.4, -0.2) is 20.1 Å². The number of aliphatic hydroxyl groups excluding tert-OH is 1. The molecule has 0 radical (unpaired) electrons. The minimum atomic E-state index is -3.52. The third-order valence-electron chi connectivity index (χ3n) is 3.15. The lowest BCUT2D eigenvalue weighted by Gasteiger charge is -2.18. The second-order valence-corrected chi connectivity index (χ2v) is 7.90. The van der Waals surface area contributed by atoms with Crippen molar-refractivity contribution in [2.45, 2.75) is 52.0 Å². The molecule has 0 atom stereocenters. The van der Waals surface area contributed by atoms with Gasteiger partial charge in [0.15, 0.2) is 0 Å². The number of nitrogens with one attached hydrogen (secondary N) is 1. The highest BCUT2D eigenvalue weighted by molar-refractivity contribution is 7.89. The van der Waals surface area contributed by atoms with Crippen LogP contribution in [0.2, 0.25) is 0 Å². The fraction of sp³-hybridized carbons (Fsp3) is 0.600. The minimum absolute atomic E-state index is 0.0864. The van der Waals surface area contributed by atoms with Crippen LogP contribution in [0.3, 0.4) is 0 Å². The number of sulfonamides is 1. The Bertz CT molecular complexity index is 545. The first-order valence-corrected chi connectivity index (χ1v) is 8.40. The van der Waals surface area contributed by atoms with E-state index in [0.717, 1.165) is 12.0 Å². The SMILES string of the molecule is CCc1ccc(CO)cc1S(=O)(=O)NCCC(C)(C)C. The molecule has 0 fully saturated rings. The van der Waals surface area contributed by atoms with Crippen LogP contribution in [0.25, 0.3) is 0 Å². The minimum Gasteiger partial charge on any atom is -0.392 e. The van der Waals surface area contributed by atoms with Crippen molar-refractivity contribution in [2.75, 3.05) is 6.54 Å². The molecule has 4 nitrogen and oxygen atoms in total. The molecule has 0 aliphatic carbocycles. The highest BCUT2D eigenvalue weighted by atomic mass is 32.2. The first-order chi connectivity index (χ1) is 9.19. The van der Waals surface area contributed by atoms with Crippen molar-refractivity contribution < 1.29 is 13.5 Å².